The first-order valence-electron chi connectivity index (χ1n) is 11.7. The van der Waals surface area contributed by atoms with E-state index in [2.05, 4.69) is 0 Å². The number of rotatable bonds is 5. The van der Waals surface area contributed by atoms with Gasteiger partial charge in [0.25, 0.3) is 0 Å². The van der Waals surface area contributed by atoms with Crippen LogP contribution in [-0.2, 0) is 16.2 Å². The fraction of sp³-hybridized carbons (Fsp3) is 0.458. The highest BCUT2D eigenvalue weighted by Gasteiger charge is 2.40. The maximum atomic E-state index is 13.3. The van der Waals surface area contributed by atoms with Crippen LogP contribution in [0.3, 0.4) is 0 Å². The number of ether oxygens (including phenoxy) is 1. The second-order valence-corrected chi connectivity index (χ2v) is 12.5. The molecule has 2 aromatic rings. The molecule has 0 aliphatic carbocycles. The van der Waals surface area contributed by atoms with Gasteiger partial charge in [-0.15, -0.1) is 0 Å². The molecule has 0 N–H and O–H groups in total. The summed E-state index contributed by atoms with van der Waals surface area (Å²) >= 11 is 18.3. The maximum absolute atomic E-state index is 13.3. The van der Waals surface area contributed by atoms with Gasteiger partial charge >= 0.3 is 12.2 Å². The topological polar surface area (TPSA) is 70.2 Å². The monoisotopic (exact) mass is 613 g/mol. The first-order chi connectivity index (χ1) is 17.8. The number of amides is 2. The van der Waals surface area contributed by atoms with Crippen molar-refractivity contribution in [1.82, 2.24) is 14.1 Å². The van der Waals surface area contributed by atoms with E-state index in [0.717, 1.165) is 17.9 Å². The summed E-state index contributed by atoms with van der Waals surface area (Å²) < 4.78 is 70.6. The molecule has 0 radical (unpaired) electrons. The van der Waals surface area contributed by atoms with Gasteiger partial charge in [0.1, 0.15) is 5.75 Å². The van der Waals surface area contributed by atoms with Crippen molar-refractivity contribution in [3.63, 3.8) is 0 Å². The quantitative estimate of drug-likeness (QED) is 0.449. The van der Waals surface area contributed by atoms with E-state index in [1.54, 1.807) is 28.0 Å². The van der Waals surface area contributed by atoms with Gasteiger partial charge in [-0.3, -0.25) is 0 Å². The van der Waals surface area contributed by atoms with Crippen LogP contribution >= 0.6 is 34.8 Å². The molecule has 2 heterocycles. The SMILES string of the molecule is CS(=O)(=O)N1CCN(C(=O)N2CC(c3ccc(Cl)c(Cl)c3)[C@H](COc3cccc(C(F)(F)F)c3Cl)C2)CC1. The molecule has 2 aliphatic heterocycles. The summed E-state index contributed by atoms with van der Waals surface area (Å²) in [5.41, 5.74) is -0.186. The van der Waals surface area contributed by atoms with E-state index >= 15 is 0 Å². The standard InChI is InChI=1S/C24H25Cl3F3N3O4S/c1-38(35,36)33-9-7-31(8-10-33)23(34)32-12-16(17(13-32)15-5-6-19(25)20(26)11-15)14-37-21-4-2-3-18(22(21)27)24(28,29)30/h2-6,11,16-17H,7-10,12-14H2,1H3/t16-,17?/m0/s1. The van der Waals surface area contributed by atoms with E-state index < -0.39 is 26.8 Å². The Kier molecular flexibility index (Phi) is 8.64. The van der Waals surface area contributed by atoms with Crippen molar-refractivity contribution >= 4 is 50.9 Å². The number of nitrogens with zero attached hydrogens (tertiary/aromatic N) is 3. The van der Waals surface area contributed by atoms with Gasteiger partial charge in [0, 0.05) is 51.1 Å². The van der Waals surface area contributed by atoms with Gasteiger partial charge in [-0.05, 0) is 29.8 Å². The molecule has 0 aromatic heterocycles. The van der Waals surface area contributed by atoms with E-state index in [0.29, 0.717) is 16.6 Å². The van der Waals surface area contributed by atoms with Crippen molar-refractivity contribution in [2.75, 3.05) is 52.1 Å². The lowest BCUT2D eigenvalue weighted by Gasteiger charge is -2.35. The molecular weight excluding hydrogens is 590 g/mol. The number of carbonyl (C=O) groups excluding carboxylic acids is 1. The normalized spacial score (nSPS) is 21.1. The predicted octanol–water partition coefficient (Wildman–Crippen LogP) is 5.46. The fourth-order valence-corrected chi connectivity index (χ4v) is 6.19. The molecule has 14 heteroatoms. The number of alkyl halides is 3. The molecule has 7 nitrogen and oxygen atoms in total. The molecule has 2 fully saturated rings. The number of hydrogen-bond acceptors (Lipinski definition) is 4. The Labute approximate surface area is 234 Å². The molecule has 2 aliphatic rings. The van der Waals surface area contributed by atoms with Gasteiger partial charge < -0.3 is 14.5 Å². The van der Waals surface area contributed by atoms with Crippen LogP contribution in [0.25, 0.3) is 0 Å². The number of piperazine rings is 1. The summed E-state index contributed by atoms with van der Waals surface area (Å²) in [6, 6.07) is 8.37. The minimum absolute atomic E-state index is 0.00240. The zero-order chi connectivity index (χ0) is 27.8. The van der Waals surface area contributed by atoms with Crippen molar-refractivity contribution in [2.45, 2.75) is 12.1 Å². The van der Waals surface area contributed by atoms with Crippen LogP contribution in [0.1, 0.15) is 17.0 Å². The molecule has 0 spiro atoms. The Morgan fingerprint density at radius 2 is 1.68 bits per heavy atom. The van der Waals surface area contributed by atoms with Crippen LogP contribution in [0.15, 0.2) is 36.4 Å². The van der Waals surface area contributed by atoms with Crippen LogP contribution in [0.2, 0.25) is 15.1 Å². The van der Waals surface area contributed by atoms with Crippen LogP contribution in [-0.4, -0.2) is 80.7 Å². The van der Waals surface area contributed by atoms with E-state index in [4.69, 9.17) is 39.5 Å². The Morgan fingerprint density at radius 3 is 2.29 bits per heavy atom. The number of benzene rings is 2. The number of carbonyl (C=O) groups is 1. The van der Waals surface area contributed by atoms with Gasteiger partial charge in [-0.25, -0.2) is 13.2 Å². The molecule has 4 rings (SSSR count). The molecule has 2 aromatic carbocycles. The van der Waals surface area contributed by atoms with E-state index in [9.17, 15) is 26.4 Å². The third-order valence-electron chi connectivity index (χ3n) is 6.78. The van der Waals surface area contributed by atoms with Crippen LogP contribution in [0.4, 0.5) is 18.0 Å². The Hall–Kier alpha value is -1.92. The molecule has 38 heavy (non-hydrogen) atoms. The minimum atomic E-state index is -4.63. The van der Waals surface area contributed by atoms with Gasteiger partial charge in [0.05, 0.1) is 33.5 Å². The zero-order valence-corrected chi connectivity index (χ0v) is 23.3. The number of urea groups is 1. The predicted molar refractivity (Wildman–Crippen MR) is 140 cm³/mol. The first kappa shape index (κ1) is 29.1. The summed E-state index contributed by atoms with van der Waals surface area (Å²) in [6.45, 7) is 1.49. The smallest absolute Gasteiger partial charge is 0.417 e. The van der Waals surface area contributed by atoms with E-state index in [-0.39, 0.29) is 62.9 Å². The lowest BCUT2D eigenvalue weighted by Crippen LogP contribution is -2.53. The van der Waals surface area contributed by atoms with Gasteiger partial charge in [0.2, 0.25) is 10.0 Å². The van der Waals surface area contributed by atoms with Crippen molar-refractivity contribution < 1.29 is 31.1 Å². The third kappa shape index (κ3) is 6.44. The summed E-state index contributed by atoms with van der Waals surface area (Å²) in [7, 11) is -3.34. The Balaban J connectivity index is 1.52. The van der Waals surface area contributed by atoms with Crippen molar-refractivity contribution in [1.29, 1.82) is 0 Å². The molecule has 208 valence electrons. The average molecular weight is 615 g/mol. The molecule has 1 unspecified atom stereocenters. The number of sulfonamides is 1. The average Bonchev–Trinajstić information content (AvgIpc) is 3.27. The second kappa shape index (κ2) is 11.3. The summed E-state index contributed by atoms with van der Waals surface area (Å²) in [5, 5.41) is 0.181. The maximum Gasteiger partial charge on any atom is 0.417 e. The van der Waals surface area contributed by atoms with Gasteiger partial charge in [-0.2, -0.15) is 17.5 Å². The first-order valence-corrected chi connectivity index (χ1v) is 14.7. The van der Waals surface area contributed by atoms with Gasteiger partial charge in [-0.1, -0.05) is 46.9 Å². The van der Waals surface area contributed by atoms with Crippen molar-refractivity contribution in [2.24, 2.45) is 5.92 Å². The highest BCUT2D eigenvalue weighted by molar-refractivity contribution is 7.88. The zero-order valence-electron chi connectivity index (χ0n) is 20.2. The van der Waals surface area contributed by atoms with Crippen LogP contribution in [0, 0.1) is 5.92 Å². The molecule has 0 saturated carbocycles. The third-order valence-corrected chi connectivity index (χ3v) is 9.22. The lowest BCUT2D eigenvalue weighted by atomic mass is 9.89. The van der Waals surface area contributed by atoms with E-state index in [1.165, 1.54) is 16.4 Å². The summed E-state index contributed by atoms with van der Waals surface area (Å²) in [4.78, 5) is 16.6. The fourth-order valence-electron chi connectivity index (χ4n) is 4.77. The van der Waals surface area contributed by atoms with Crippen molar-refractivity contribution in [3.8, 4) is 5.75 Å². The number of likely N-dealkylation sites (tertiary alicyclic amines) is 1. The van der Waals surface area contributed by atoms with Crippen molar-refractivity contribution in [3.05, 3.63) is 62.6 Å². The largest absolute Gasteiger partial charge is 0.492 e. The highest BCUT2D eigenvalue weighted by atomic mass is 35.5. The lowest BCUT2D eigenvalue weighted by molar-refractivity contribution is -0.137. The number of halogens is 6. The Morgan fingerprint density at radius 1 is 1.00 bits per heavy atom. The van der Waals surface area contributed by atoms with E-state index in [1.807, 2.05) is 0 Å². The van der Waals surface area contributed by atoms with Crippen LogP contribution in [0.5, 0.6) is 5.75 Å². The molecule has 2 amide bonds. The Bertz CT molecular complexity index is 1300. The summed E-state index contributed by atoms with van der Waals surface area (Å²) in [6.07, 6.45) is -3.50. The summed E-state index contributed by atoms with van der Waals surface area (Å²) in [5.74, 6) is -0.634. The molecule has 2 atom stereocenters. The molecule has 0 bridgehead atoms. The molecular formula is C24H25Cl3F3N3O4S. The van der Waals surface area contributed by atoms with Crippen LogP contribution < -0.4 is 4.74 Å². The van der Waals surface area contributed by atoms with Gasteiger partial charge in [0.15, 0.2) is 0 Å². The molecule has 2 saturated heterocycles. The second-order valence-electron chi connectivity index (χ2n) is 9.30. The number of hydrogen-bond donors (Lipinski definition) is 0. The highest BCUT2D eigenvalue weighted by Crippen LogP contribution is 2.41. The minimum Gasteiger partial charge on any atom is -0.492 e.